The molecule has 2 unspecified atom stereocenters. The zero-order valence-electron chi connectivity index (χ0n) is 9.36. The van der Waals surface area contributed by atoms with Crippen molar-refractivity contribution in [3.63, 3.8) is 0 Å². The monoisotopic (exact) mass is 213 g/mol. The minimum absolute atomic E-state index is 0.145. The highest BCUT2D eigenvalue weighted by molar-refractivity contribution is 5.60. The molecule has 1 aliphatic rings. The molecular weight excluding hydrogens is 194 g/mol. The number of carbonyl (C=O) groups excluding carboxylic acids is 1. The maximum absolute atomic E-state index is 10.9. The smallest absolute Gasteiger partial charge is 0.438 e. The van der Waals surface area contributed by atoms with Crippen LogP contribution in [-0.2, 0) is 9.47 Å². The van der Waals surface area contributed by atoms with Crippen LogP contribution in [-0.4, -0.2) is 32.5 Å². The lowest BCUT2D eigenvalue weighted by Crippen LogP contribution is -2.28. The van der Waals surface area contributed by atoms with E-state index in [2.05, 4.69) is 16.1 Å². The molecule has 0 radical (unpaired) electrons. The van der Waals surface area contributed by atoms with Crippen molar-refractivity contribution in [2.75, 3.05) is 14.2 Å². The summed E-state index contributed by atoms with van der Waals surface area (Å²) in [4.78, 5) is 10.9. The van der Waals surface area contributed by atoms with E-state index < -0.39 is 6.16 Å². The first-order valence-corrected chi connectivity index (χ1v) is 5.34. The van der Waals surface area contributed by atoms with E-state index in [9.17, 15) is 4.79 Å². The van der Waals surface area contributed by atoms with E-state index in [1.807, 2.05) is 13.1 Å². The van der Waals surface area contributed by atoms with Crippen LogP contribution < -0.4 is 5.32 Å². The SMILES string of the molecule is CNC1CC/C=C/C(OC(=O)OC)CC1. The third-order valence-electron chi connectivity index (χ3n) is 2.65. The first-order valence-electron chi connectivity index (χ1n) is 5.34. The fraction of sp³-hybridized carbons (Fsp3) is 0.727. The zero-order valence-corrected chi connectivity index (χ0v) is 9.36. The van der Waals surface area contributed by atoms with E-state index in [0.29, 0.717) is 6.04 Å². The number of rotatable bonds is 2. The van der Waals surface area contributed by atoms with Crippen molar-refractivity contribution in [2.45, 2.75) is 37.8 Å². The van der Waals surface area contributed by atoms with Gasteiger partial charge in [-0.1, -0.05) is 6.08 Å². The lowest BCUT2D eigenvalue weighted by Gasteiger charge is -2.21. The molecule has 0 aromatic rings. The van der Waals surface area contributed by atoms with Gasteiger partial charge in [-0.2, -0.15) is 0 Å². The normalized spacial score (nSPS) is 28.7. The van der Waals surface area contributed by atoms with Crippen molar-refractivity contribution in [3.8, 4) is 0 Å². The first-order chi connectivity index (χ1) is 7.26. The topological polar surface area (TPSA) is 47.6 Å². The Kier molecular flexibility index (Phi) is 5.18. The van der Waals surface area contributed by atoms with Gasteiger partial charge in [-0.3, -0.25) is 0 Å². The second kappa shape index (κ2) is 6.45. The molecular formula is C11H19NO3. The summed E-state index contributed by atoms with van der Waals surface area (Å²) in [5.74, 6) is 0. The summed E-state index contributed by atoms with van der Waals surface area (Å²) in [6, 6.07) is 0.513. The van der Waals surface area contributed by atoms with Crippen molar-refractivity contribution >= 4 is 6.16 Å². The van der Waals surface area contributed by atoms with Gasteiger partial charge in [0.15, 0.2) is 0 Å². The maximum Gasteiger partial charge on any atom is 0.508 e. The van der Waals surface area contributed by atoms with Gasteiger partial charge in [0, 0.05) is 6.04 Å². The van der Waals surface area contributed by atoms with Crippen LogP contribution in [0.3, 0.4) is 0 Å². The third-order valence-corrected chi connectivity index (χ3v) is 2.65. The Morgan fingerprint density at radius 3 is 2.87 bits per heavy atom. The van der Waals surface area contributed by atoms with Gasteiger partial charge in [-0.15, -0.1) is 0 Å². The molecule has 0 aromatic heterocycles. The lowest BCUT2D eigenvalue weighted by molar-refractivity contribution is 0.0480. The van der Waals surface area contributed by atoms with Gasteiger partial charge < -0.3 is 14.8 Å². The highest BCUT2D eigenvalue weighted by Crippen LogP contribution is 2.15. The van der Waals surface area contributed by atoms with Gasteiger partial charge in [0.2, 0.25) is 0 Å². The van der Waals surface area contributed by atoms with E-state index in [1.54, 1.807) is 0 Å². The molecule has 0 heterocycles. The molecule has 0 spiro atoms. The van der Waals surface area contributed by atoms with Crippen molar-refractivity contribution in [1.82, 2.24) is 5.32 Å². The Bertz CT molecular complexity index is 228. The molecule has 2 atom stereocenters. The van der Waals surface area contributed by atoms with Crippen LogP contribution in [0.2, 0.25) is 0 Å². The van der Waals surface area contributed by atoms with Crippen LogP contribution in [0.25, 0.3) is 0 Å². The maximum atomic E-state index is 10.9. The van der Waals surface area contributed by atoms with Gasteiger partial charge in [0.1, 0.15) is 6.10 Å². The summed E-state index contributed by atoms with van der Waals surface area (Å²) in [5, 5.41) is 3.25. The van der Waals surface area contributed by atoms with Crippen molar-refractivity contribution in [2.24, 2.45) is 0 Å². The predicted octanol–water partition coefficient (Wildman–Crippen LogP) is 1.86. The second-order valence-electron chi connectivity index (χ2n) is 3.68. The molecule has 4 heteroatoms. The second-order valence-corrected chi connectivity index (χ2v) is 3.68. The number of methoxy groups -OCH3 is 1. The van der Waals surface area contributed by atoms with E-state index >= 15 is 0 Å². The quantitative estimate of drug-likeness (QED) is 0.562. The average molecular weight is 213 g/mol. The molecule has 15 heavy (non-hydrogen) atoms. The van der Waals surface area contributed by atoms with E-state index in [1.165, 1.54) is 7.11 Å². The number of ether oxygens (including phenoxy) is 2. The molecule has 1 rings (SSSR count). The van der Waals surface area contributed by atoms with E-state index in [-0.39, 0.29) is 6.10 Å². The molecule has 0 saturated heterocycles. The first kappa shape index (κ1) is 12.0. The lowest BCUT2D eigenvalue weighted by atomic mass is 10.00. The molecule has 1 aliphatic carbocycles. The fourth-order valence-electron chi connectivity index (χ4n) is 1.71. The molecule has 0 amide bonds. The number of carbonyl (C=O) groups is 1. The average Bonchev–Trinajstić information content (AvgIpc) is 2.22. The van der Waals surface area contributed by atoms with E-state index in [0.717, 1.165) is 25.7 Å². The molecule has 0 aromatic carbocycles. The Balaban J connectivity index is 2.43. The van der Waals surface area contributed by atoms with Crippen LogP contribution in [0.1, 0.15) is 25.7 Å². The molecule has 0 fully saturated rings. The minimum atomic E-state index is -0.605. The minimum Gasteiger partial charge on any atom is -0.438 e. The molecule has 4 nitrogen and oxygen atoms in total. The van der Waals surface area contributed by atoms with Crippen LogP contribution in [0.4, 0.5) is 4.79 Å². The van der Waals surface area contributed by atoms with Crippen LogP contribution >= 0.6 is 0 Å². The third kappa shape index (κ3) is 4.34. The summed E-state index contributed by atoms with van der Waals surface area (Å²) in [7, 11) is 3.29. The molecule has 0 saturated carbocycles. The summed E-state index contributed by atoms with van der Waals surface area (Å²) in [5.41, 5.74) is 0. The Morgan fingerprint density at radius 2 is 2.20 bits per heavy atom. The van der Waals surface area contributed by atoms with Gasteiger partial charge >= 0.3 is 6.16 Å². The predicted molar refractivity (Wildman–Crippen MR) is 57.7 cm³/mol. The Morgan fingerprint density at radius 1 is 1.40 bits per heavy atom. The highest BCUT2D eigenvalue weighted by atomic mass is 16.7. The highest BCUT2D eigenvalue weighted by Gasteiger charge is 2.16. The van der Waals surface area contributed by atoms with Crippen molar-refractivity contribution < 1.29 is 14.3 Å². The van der Waals surface area contributed by atoms with Gasteiger partial charge in [-0.05, 0) is 38.8 Å². The van der Waals surface area contributed by atoms with Crippen LogP contribution in [0.5, 0.6) is 0 Å². The number of hydrogen-bond acceptors (Lipinski definition) is 4. The largest absolute Gasteiger partial charge is 0.508 e. The van der Waals surface area contributed by atoms with Crippen LogP contribution in [0, 0.1) is 0 Å². The van der Waals surface area contributed by atoms with Gasteiger partial charge in [0.25, 0.3) is 0 Å². The van der Waals surface area contributed by atoms with Crippen molar-refractivity contribution in [1.29, 1.82) is 0 Å². The number of hydrogen-bond donors (Lipinski definition) is 1. The molecule has 86 valence electrons. The van der Waals surface area contributed by atoms with Gasteiger partial charge in [0.05, 0.1) is 7.11 Å². The van der Waals surface area contributed by atoms with Crippen LogP contribution in [0.15, 0.2) is 12.2 Å². The van der Waals surface area contributed by atoms with E-state index in [4.69, 9.17) is 4.74 Å². The standard InChI is InChI=1S/C11H19NO3/c1-12-9-5-3-4-6-10(8-7-9)15-11(13)14-2/h4,6,9-10,12H,3,5,7-8H2,1-2H3/b6-4+. The van der Waals surface area contributed by atoms with Gasteiger partial charge in [-0.25, -0.2) is 4.79 Å². The fourth-order valence-corrected chi connectivity index (χ4v) is 1.71. The Hall–Kier alpha value is -1.03. The molecule has 0 aliphatic heterocycles. The summed E-state index contributed by atoms with van der Waals surface area (Å²) >= 11 is 0. The zero-order chi connectivity index (χ0) is 11.1. The van der Waals surface area contributed by atoms with Crippen molar-refractivity contribution in [3.05, 3.63) is 12.2 Å². The molecule has 0 bridgehead atoms. The summed E-state index contributed by atoms with van der Waals surface area (Å²) in [6.07, 6.45) is 7.28. The number of allylic oxidation sites excluding steroid dienone is 1. The summed E-state index contributed by atoms with van der Waals surface area (Å²) in [6.45, 7) is 0. The molecule has 1 N–H and O–H groups in total. The summed E-state index contributed by atoms with van der Waals surface area (Å²) < 4.78 is 9.56. The Labute approximate surface area is 90.6 Å². The number of nitrogens with one attached hydrogen (secondary N) is 1.